The molecule has 4 heteroatoms. The number of para-hydroxylation sites is 3. The number of ether oxygens (including phenoxy) is 1. The van der Waals surface area contributed by atoms with Crippen LogP contribution in [-0.2, 0) is 0 Å². The molecule has 0 radical (unpaired) electrons. The van der Waals surface area contributed by atoms with E-state index in [1.165, 1.54) is 0 Å². The maximum atomic E-state index is 6.73. The number of rotatable bonds is 2. The second kappa shape index (κ2) is 10.7. The summed E-state index contributed by atoms with van der Waals surface area (Å²) in [6.45, 7) is 0. The van der Waals surface area contributed by atoms with Crippen molar-refractivity contribution in [1.29, 1.82) is 0 Å². The summed E-state index contributed by atoms with van der Waals surface area (Å²) in [7, 11) is 0. The monoisotopic (exact) mass is 589 g/mol. The van der Waals surface area contributed by atoms with Crippen LogP contribution >= 0.6 is 0 Å². The topological polar surface area (TPSA) is 39.9 Å². The molecule has 0 fully saturated rings. The number of pyridine rings is 2. The molecular weight excluding hydrogens is 562 g/mol. The van der Waals surface area contributed by atoms with E-state index in [1.54, 1.807) is 0 Å². The van der Waals surface area contributed by atoms with E-state index in [9.17, 15) is 0 Å². The van der Waals surface area contributed by atoms with Crippen molar-refractivity contribution in [1.82, 2.24) is 14.5 Å². The van der Waals surface area contributed by atoms with E-state index in [2.05, 4.69) is 125 Å². The van der Waals surface area contributed by atoms with Crippen LogP contribution in [-0.4, -0.2) is 14.5 Å². The minimum Gasteiger partial charge on any atom is -0.456 e. The van der Waals surface area contributed by atoms with Crippen LogP contribution in [0.1, 0.15) is 11.1 Å². The van der Waals surface area contributed by atoms with Crippen LogP contribution in [0.25, 0.3) is 73.3 Å². The van der Waals surface area contributed by atoms with E-state index >= 15 is 0 Å². The summed E-state index contributed by atoms with van der Waals surface area (Å²) in [5, 5.41) is 2.24. The first-order valence-electron chi connectivity index (χ1n) is 15.4. The Morgan fingerprint density at radius 2 is 1.15 bits per heavy atom. The van der Waals surface area contributed by atoms with E-state index in [-0.39, 0.29) is 0 Å². The molecule has 9 rings (SSSR count). The third-order valence-corrected chi connectivity index (χ3v) is 8.76. The predicted molar refractivity (Wildman–Crippen MR) is 188 cm³/mol. The van der Waals surface area contributed by atoms with Gasteiger partial charge in [-0.1, -0.05) is 109 Å². The molecule has 5 aromatic carbocycles. The average molecular weight is 590 g/mol. The molecule has 4 nitrogen and oxygen atoms in total. The molecule has 0 amide bonds. The van der Waals surface area contributed by atoms with Gasteiger partial charge < -0.3 is 4.74 Å². The van der Waals surface area contributed by atoms with Gasteiger partial charge in [-0.05, 0) is 70.3 Å². The molecule has 0 N–H and O–H groups in total. The lowest BCUT2D eigenvalue weighted by atomic mass is 9.93. The highest BCUT2D eigenvalue weighted by molar-refractivity contribution is 6.09. The molecule has 8 aromatic rings. The van der Waals surface area contributed by atoms with E-state index < -0.39 is 0 Å². The Morgan fingerprint density at radius 1 is 0.478 bits per heavy atom. The van der Waals surface area contributed by atoms with Crippen molar-refractivity contribution in [3.05, 3.63) is 163 Å². The summed E-state index contributed by atoms with van der Waals surface area (Å²) in [5.74, 6) is 2.49. The molecular formula is C42H27N3O. The molecule has 216 valence electrons. The largest absolute Gasteiger partial charge is 0.456 e. The van der Waals surface area contributed by atoms with E-state index in [0.717, 1.165) is 83.8 Å². The summed E-state index contributed by atoms with van der Waals surface area (Å²) in [6, 6.07) is 48.3. The fourth-order valence-corrected chi connectivity index (χ4v) is 6.58. The van der Waals surface area contributed by atoms with Crippen LogP contribution in [0.5, 0.6) is 11.5 Å². The van der Waals surface area contributed by atoms with Gasteiger partial charge in [0, 0.05) is 39.9 Å². The molecule has 46 heavy (non-hydrogen) atoms. The van der Waals surface area contributed by atoms with Gasteiger partial charge in [0.15, 0.2) is 0 Å². The Morgan fingerprint density at radius 3 is 1.96 bits per heavy atom. The molecule has 0 spiro atoms. The second-order valence-corrected chi connectivity index (χ2v) is 11.5. The molecule has 0 saturated heterocycles. The summed E-state index contributed by atoms with van der Waals surface area (Å²) < 4.78 is 8.87. The van der Waals surface area contributed by atoms with Crippen LogP contribution in [0.4, 0.5) is 0 Å². The van der Waals surface area contributed by atoms with Gasteiger partial charge in [-0.2, -0.15) is 0 Å². The van der Waals surface area contributed by atoms with Crippen molar-refractivity contribution in [3.8, 4) is 50.7 Å². The summed E-state index contributed by atoms with van der Waals surface area (Å²) in [5.41, 5.74) is 10.7. The lowest BCUT2D eigenvalue weighted by Crippen LogP contribution is -1.97. The zero-order valence-corrected chi connectivity index (χ0v) is 24.8. The number of aromatic nitrogens is 3. The van der Waals surface area contributed by atoms with Gasteiger partial charge in [0.1, 0.15) is 23.0 Å². The van der Waals surface area contributed by atoms with Gasteiger partial charge >= 0.3 is 0 Å². The van der Waals surface area contributed by atoms with Crippen molar-refractivity contribution in [2.75, 3.05) is 0 Å². The number of hydrogen-bond donors (Lipinski definition) is 0. The van der Waals surface area contributed by atoms with Gasteiger partial charge in [0.25, 0.3) is 0 Å². The summed E-state index contributed by atoms with van der Waals surface area (Å²) >= 11 is 0. The third kappa shape index (κ3) is 4.31. The fourth-order valence-electron chi connectivity index (χ4n) is 6.58. The van der Waals surface area contributed by atoms with Gasteiger partial charge in [-0.3, -0.25) is 4.57 Å². The smallest absolute Gasteiger partial charge is 0.146 e. The quantitative estimate of drug-likeness (QED) is 0.201. The Kier molecular flexibility index (Phi) is 6.10. The normalized spacial score (nSPS) is 12.7. The maximum absolute atomic E-state index is 6.73. The lowest BCUT2D eigenvalue weighted by molar-refractivity contribution is 0.486. The molecule has 4 heterocycles. The summed E-state index contributed by atoms with van der Waals surface area (Å²) in [6.07, 6.45) is 8.21. The van der Waals surface area contributed by atoms with Gasteiger partial charge in [0.05, 0.1) is 5.52 Å². The van der Waals surface area contributed by atoms with E-state index in [1.807, 2.05) is 48.8 Å². The first-order valence-corrected chi connectivity index (χ1v) is 15.4. The van der Waals surface area contributed by atoms with Gasteiger partial charge in [-0.15, -0.1) is 0 Å². The highest BCUT2D eigenvalue weighted by atomic mass is 16.5. The van der Waals surface area contributed by atoms with Crippen LogP contribution in [0.15, 0.2) is 152 Å². The highest BCUT2D eigenvalue weighted by Crippen LogP contribution is 2.43. The van der Waals surface area contributed by atoms with Crippen molar-refractivity contribution in [2.24, 2.45) is 0 Å². The zero-order chi connectivity index (χ0) is 30.5. The Balaban J connectivity index is 1.24. The molecule has 1 aliphatic heterocycles. The Labute approximate surface area is 266 Å². The van der Waals surface area contributed by atoms with Crippen molar-refractivity contribution < 1.29 is 4.74 Å². The molecule has 0 aliphatic carbocycles. The molecule has 0 atom stereocenters. The molecule has 0 saturated carbocycles. The number of benzene rings is 5. The molecule has 3 aromatic heterocycles. The van der Waals surface area contributed by atoms with Crippen LogP contribution < -0.4 is 4.74 Å². The molecule has 0 unspecified atom stereocenters. The van der Waals surface area contributed by atoms with Crippen molar-refractivity contribution >= 4 is 34.1 Å². The fraction of sp³-hybridized carbons (Fsp3) is 0. The number of hydrogen-bond acceptors (Lipinski definition) is 3. The van der Waals surface area contributed by atoms with E-state index in [4.69, 9.17) is 9.72 Å². The van der Waals surface area contributed by atoms with Crippen LogP contribution in [0.3, 0.4) is 0 Å². The van der Waals surface area contributed by atoms with Crippen LogP contribution in [0, 0.1) is 0 Å². The van der Waals surface area contributed by atoms with E-state index in [0.29, 0.717) is 0 Å². The number of nitrogens with zero attached hydrogens (tertiary/aromatic N) is 3. The highest BCUT2D eigenvalue weighted by Gasteiger charge is 2.18. The standard InChI is InChI=1S/C42H27N3O/c1-2-12-32-28(11-1)20-21-29-22-23-30(25-36(29)35-15-5-8-18-40(35)46-39-17-7-4-14-34(32)39)31-26-37-33-13-3-6-16-38(33)45(42(37)44-27-31)41-19-9-10-24-43-41/h1-27H/b21-20-. The Hall–Kier alpha value is -6.26. The maximum Gasteiger partial charge on any atom is 0.146 e. The summed E-state index contributed by atoms with van der Waals surface area (Å²) in [4.78, 5) is 9.68. The second-order valence-electron chi connectivity index (χ2n) is 11.5. The predicted octanol–water partition coefficient (Wildman–Crippen LogP) is 10.9. The molecule has 1 aliphatic rings. The SMILES string of the molecule is C1=C\c2ccc(-c3cnc4c(c3)c3ccccc3n4-c3ccccn3)cc2-c2ccccc2Oc2ccccc2-c2ccccc2/1. The minimum absolute atomic E-state index is 0.813. The lowest BCUT2D eigenvalue weighted by Gasteiger charge is -2.16. The van der Waals surface area contributed by atoms with Gasteiger partial charge in [-0.25, -0.2) is 9.97 Å². The van der Waals surface area contributed by atoms with Gasteiger partial charge in [0.2, 0.25) is 0 Å². The van der Waals surface area contributed by atoms with Crippen LogP contribution in [0.2, 0.25) is 0 Å². The number of fused-ring (bicyclic) bond motifs is 9. The zero-order valence-electron chi connectivity index (χ0n) is 24.8. The first kappa shape index (κ1) is 26.2. The minimum atomic E-state index is 0.813. The Bertz CT molecular complexity index is 2460. The van der Waals surface area contributed by atoms with Crippen molar-refractivity contribution in [3.63, 3.8) is 0 Å². The third-order valence-electron chi connectivity index (χ3n) is 8.76. The average Bonchev–Trinajstić information content (AvgIpc) is 3.44. The molecule has 0 bridgehead atoms. The van der Waals surface area contributed by atoms with Crippen molar-refractivity contribution in [2.45, 2.75) is 0 Å². The first-order chi connectivity index (χ1) is 22.8.